The smallest absolute Gasteiger partial charge is 0.182 e. The van der Waals surface area contributed by atoms with E-state index in [1.54, 1.807) is 12.1 Å². The highest BCUT2D eigenvalue weighted by Crippen LogP contribution is 2.32. The van der Waals surface area contributed by atoms with E-state index in [0.29, 0.717) is 12.1 Å². The Balaban J connectivity index is 0.00000133. The molecule has 2 aromatic carbocycles. The zero-order chi connectivity index (χ0) is 12.5. The van der Waals surface area contributed by atoms with Crippen LogP contribution in [0.15, 0.2) is 48.5 Å². The van der Waals surface area contributed by atoms with Gasteiger partial charge in [-0.2, -0.15) is 0 Å². The highest BCUT2D eigenvalue weighted by molar-refractivity contribution is 5.88. The Morgan fingerprint density at radius 1 is 1.05 bits per heavy atom. The van der Waals surface area contributed by atoms with E-state index in [9.17, 15) is 4.79 Å². The maximum atomic E-state index is 12.1. The lowest BCUT2D eigenvalue weighted by Gasteiger charge is -2.25. The van der Waals surface area contributed by atoms with Gasteiger partial charge in [-0.05, 0) is 18.2 Å². The van der Waals surface area contributed by atoms with Crippen molar-refractivity contribution in [3.8, 4) is 5.75 Å². The van der Waals surface area contributed by atoms with Gasteiger partial charge in [-0.15, -0.1) is 12.4 Å². The van der Waals surface area contributed by atoms with E-state index in [0.717, 1.165) is 16.9 Å². The van der Waals surface area contributed by atoms with E-state index in [2.05, 4.69) is 0 Å². The number of hydrogen-bond acceptors (Lipinski definition) is 3. The molecule has 0 radical (unpaired) electrons. The van der Waals surface area contributed by atoms with Crippen LogP contribution in [0.3, 0.4) is 0 Å². The quantitative estimate of drug-likeness (QED) is 0.814. The maximum Gasteiger partial charge on any atom is 0.182 e. The van der Waals surface area contributed by atoms with Gasteiger partial charge in [0.05, 0.1) is 0 Å². The summed E-state index contributed by atoms with van der Waals surface area (Å²) in [6.45, 7) is 0. The topological polar surface area (TPSA) is 52.3 Å². The highest BCUT2D eigenvalue weighted by atomic mass is 35.5. The molecule has 0 saturated heterocycles. The van der Waals surface area contributed by atoms with Crippen molar-refractivity contribution in [3.63, 3.8) is 0 Å². The number of ether oxygens (including phenoxy) is 1. The van der Waals surface area contributed by atoms with E-state index in [-0.39, 0.29) is 18.2 Å². The molecule has 1 heterocycles. The van der Waals surface area contributed by atoms with E-state index in [4.69, 9.17) is 10.5 Å². The van der Waals surface area contributed by atoms with Crippen LogP contribution in [0.25, 0.3) is 0 Å². The molecule has 0 amide bonds. The van der Waals surface area contributed by atoms with Crippen molar-refractivity contribution in [1.29, 1.82) is 0 Å². The first-order valence-electron chi connectivity index (χ1n) is 5.87. The summed E-state index contributed by atoms with van der Waals surface area (Å²) in [5, 5.41) is 0. The van der Waals surface area contributed by atoms with Crippen molar-refractivity contribution >= 4 is 23.9 Å². The van der Waals surface area contributed by atoms with Crippen LogP contribution in [0.5, 0.6) is 5.75 Å². The second-order valence-electron chi connectivity index (χ2n) is 4.42. The Kier molecular flexibility index (Phi) is 3.76. The normalized spacial score (nSPS) is 17.1. The molecule has 0 aromatic heterocycles. The van der Waals surface area contributed by atoms with Crippen LogP contribution in [-0.4, -0.2) is 5.78 Å². The van der Waals surface area contributed by atoms with E-state index >= 15 is 0 Å². The number of carbonyl (C=O) groups excluding carboxylic acids is 1. The summed E-state index contributed by atoms with van der Waals surface area (Å²) < 4.78 is 5.78. The monoisotopic (exact) mass is 275 g/mol. The third-order valence-electron chi connectivity index (χ3n) is 3.11. The average molecular weight is 276 g/mol. The third kappa shape index (κ3) is 2.56. The van der Waals surface area contributed by atoms with Gasteiger partial charge < -0.3 is 10.5 Å². The molecule has 98 valence electrons. The van der Waals surface area contributed by atoms with Crippen LogP contribution in [0, 0.1) is 0 Å². The first-order chi connectivity index (χ1) is 8.74. The summed E-state index contributed by atoms with van der Waals surface area (Å²) in [7, 11) is 0. The molecule has 0 aliphatic carbocycles. The van der Waals surface area contributed by atoms with Crippen molar-refractivity contribution in [2.24, 2.45) is 0 Å². The molecule has 1 aliphatic rings. The number of nitrogens with two attached hydrogens (primary N) is 1. The lowest BCUT2D eigenvalue weighted by molar-refractivity contribution is -0.126. The fourth-order valence-corrected chi connectivity index (χ4v) is 2.16. The zero-order valence-electron chi connectivity index (χ0n) is 10.2. The summed E-state index contributed by atoms with van der Waals surface area (Å²) in [6, 6.07) is 14.9. The van der Waals surface area contributed by atoms with E-state index in [1.807, 2.05) is 36.4 Å². The molecular weight excluding hydrogens is 262 g/mol. The molecule has 0 spiro atoms. The van der Waals surface area contributed by atoms with Gasteiger partial charge in [-0.1, -0.05) is 30.3 Å². The number of benzene rings is 2. The fraction of sp³-hybridized carbons (Fsp3) is 0.133. The molecule has 0 bridgehead atoms. The number of fused-ring (bicyclic) bond motifs is 1. The van der Waals surface area contributed by atoms with E-state index < -0.39 is 6.10 Å². The number of rotatable bonds is 1. The number of ketones is 1. The first-order valence-corrected chi connectivity index (χ1v) is 5.87. The number of anilines is 1. The van der Waals surface area contributed by atoms with Crippen molar-refractivity contribution in [3.05, 3.63) is 59.7 Å². The lowest BCUT2D eigenvalue weighted by atomic mass is 9.96. The van der Waals surface area contributed by atoms with Crippen LogP contribution < -0.4 is 10.5 Å². The number of hydrogen-bond donors (Lipinski definition) is 1. The summed E-state index contributed by atoms with van der Waals surface area (Å²) >= 11 is 0. The minimum atomic E-state index is -0.513. The molecule has 0 fully saturated rings. The summed E-state index contributed by atoms with van der Waals surface area (Å²) in [4.78, 5) is 12.1. The molecule has 2 N–H and O–H groups in total. The number of Topliss-reactive ketones (excluding diaryl/α,β-unsaturated/α-hetero) is 1. The maximum absolute atomic E-state index is 12.1. The number of para-hydroxylation sites is 1. The highest BCUT2D eigenvalue weighted by Gasteiger charge is 2.28. The van der Waals surface area contributed by atoms with Crippen molar-refractivity contribution < 1.29 is 9.53 Å². The molecule has 3 rings (SSSR count). The second kappa shape index (κ2) is 5.33. The Hall–Kier alpha value is -2.00. The molecule has 4 heteroatoms. The molecule has 19 heavy (non-hydrogen) atoms. The minimum Gasteiger partial charge on any atom is -0.478 e. The van der Waals surface area contributed by atoms with Gasteiger partial charge in [0.2, 0.25) is 0 Å². The Morgan fingerprint density at radius 2 is 1.74 bits per heavy atom. The van der Waals surface area contributed by atoms with Crippen molar-refractivity contribution in [2.75, 3.05) is 5.73 Å². The first kappa shape index (κ1) is 13.4. The molecular formula is C15H14ClNO2. The molecule has 1 aliphatic heterocycles. The van der Waals surface area contributed by atoms with Crippen molar-refractivity contribution in [1.82, 2.24) is 0 Å². The molecule has 2 aromatic rings. The number of carbonyl (C=O) groups is 1. The summed E-state index contributed by atoms with van der Waals surface area (Å²) in [5.41, 5.74) is 8.13. The predicted octanol–water partition coefficient (Wildman–Crippen LogP) is 2.94. The van der Waals surface area contributed by atoms with Crippen LogP contribution in [0.4, 0.5) is 5.69 Å². The molecule has 1 atom stereocenters. The SMILES string of the molecule is Cl.Nc1ccc(C2Oc3ccccc3CC2=O)cc1. The third-order valence-corrected chi connectivity index (χ3v) is 3.11. The largest absolute Gasteiger partial charge is 0.478 e. The van der Waals surface area contributed by atoms with Crippen LogP contribution >= 0.6 is 12.4 Å². The second-order valence-corrected chi connectivity index (χ2v) is 4.42. The predicted molar refractivity (Wildman–Crippen MR) is 76.6 cm³/mol. The number of nitrogen functional groups attached to an aromatic ring is 1. The average Bonchev–Trinajstić information content (AvgIpc) is 2.39. The van der Waals surface area contributed by atoms with Crippen LogP contribution in [0.1, 0.15) is 17.2 Å². The van der Waals surface area contributed by atoms with Crippen molar-refractivity contribution in [2.45, 2.75) is 12.5 Å². The summed E-state index contributed by atoms with van der Waals surface area (Å²) in [6.07, 6.45) is -0.0916. The molecule has 0 saturated carbocycles. The lowest BCUT2D eigenvalue weighted by Crippen LogP contribution is -2.25. The van der Waals surface area contributed by atoms with Gasteiger partial charge in [-0.25, -0.2) is 0 Å². The Bertz CT molecular complexity index is 595. The molecule has 3 nitrogen and oxygen atoms in total. The van der Waals surface area contributed by atoms with Gasteiger partial charge in [0.25, 0.3) is 0 Å². The van der Waals surface area contributed by atoms with Gasteiger partial charge in [0.1, 0.15) is 5.75 Å². The van der Waals surface area contributed by atoms with Crippen LogP contribution in [0.2, 0.25) is 0 Å². The summed E-state index contributed by atoms with van der Waals surface area (Å²) in [5.74, 6) is 0.873. The number of halogens is 1. The zero-order valence-corrected chi connectivity index (χ0v) is 11.0. The van der Waals surface area contributed by atoms with E-state index in [1.165, 1.54) is 0 Å². The Labute approximate surface area is 117 Å². The van der Waals surface area contributed by atoms with Crippen LogP contribution in [-0.2, 0) is 11.2 Å². The minimum absolute atomic E-state index is 0. The van der Waals surface area contributed by atoms with Gasteiger partial charge in [0.15, 0.2) is 11.9 Å². The van der Waals surface area contributed by atoms with Gasteiger partial charge >= 0.3 is 0 Å². The standard InChI is InChI=1S/C15H13NO2.ClH/c16-12-7-5-10(6-8-12)15-13(17)9-11-3-1-2-4-14(11)18-15;/h1-8,15H,9,16H2;1H. The molecule has 1 unspecified atom stereocenters. The van der Waals surface area contributed by atoms with Gasteiger partial charge in [0, 0.05) is 23.2 Å². The fourth-order valence-electron chi connectivity index (χ4n) is 2.16. The Morgan fingerprint density at radius 3 is 2.47 bits per heavy atom. The van der Waals surface area contributed by atoms with Gasteiger partial charge in [-0.3, -0.25) is 4.79 Å².